The van der Waals surface area contributed by atoms with Crippen LogP contribution in [-0.2, 0) is 11.0 Å². The molecule has 0 N–H and O–H groups in total. The van der Waals surface area contributed by atoms with Gasteiger partial charge in [-0.15, -0.1) is 0 Å². The first-order valence-corrected chi connectivity index (χ1v) is 17.4. The Morgan fingerprint density at radius 1 is 1.09 bits per heavy atom. The van der Waals surface area contributed by atoms with E-state index in [1.807, 2.05) is 0 Å². The smallest absolute Gasteiger partial charge is 0.192 e. The van der Waals surface area contributed by atoms with Gasteiger partial charge < -0.3 is 9.33 Å². The van der Waals surface area contributed by atoms with Crippen molar-refractivity contribution < 1.29 is 4.43 Å². The number of benzene rings is 1. The molecule has 1 aliphatic heterocycles. The maximum absolute atomic E-state index is 7.29. The van der Waals surface area contributed by atoms with Crippen LogP contribution in [-0.4, -0.2) is 24.9 Å². The lowest BCUT2D eigenvalue weighted by molar-refractivity contribution is -0.0626. The third-order valence-corrected chi connectivity index (χ3v) is 13.6. The molecule has 1 aliphatic carbocycles. The molecule has 2 nitrogen and oxygen atoms in total. The van der Waals surface area contributed by atoms with Crippen molar-refractivity contribution in [3.05, 3.63) is 59.8 Å². The Hall–Kier alpha value is -1.32. The minimum Gasteiger partial charge on any atom is -0.414 e. The zero-order valence-corrected chi connectivity index (χ0v) is 24.9. The van der Waals surface area contributed by atoms with Gasteiger partial charge in [0.1, 0.15) is 0 Å². The van der Waals surface area contributed by atoms with Crippen molar-refractivity contribution >= 4 is 8.32 Å². The average molecular weight is 496 g/mol. The van der Waals surface area contributed by atoms with Crippen LogP contribution >= 0.6 is 0 Å². The Balaban J connectivity index is 2.03. The molecule has 2 aliphatic rings. The van der Waals surface area contributed by atoms with E-state index >= 15 is 0 Å². The molecule has 1 aromatic rings. The molecular weight excluding hydrogens is 442 g/mol. The molecule has 3 heteroatoms. The normalized spacial score (nSPS) is 25.9. The summed E-state index contributed by atoms with van der Waals surface area (Å²) in [6.45, 7) is 17.7. The molecule has 35 heavy (non-hydrogen) atoms. The van der Waals surface area contributed by atoms with Crippen LogP contribution < -0.4 is 0 Å². The summed E-state index contributed by atoms with van der Waals surface area (Å²) in [4.78, 5) is 2.83. The van der Waals surface area contributed by atoms with Gasteiger partial charge >= 0.3 is 0 Å². The van der Waals surface area contributed by atoms with Crippen LogP contribution in [0.4, 0.5) is 0 Å². The summed E-state index contributed by atoms with van der Waals surface area (Å²) in [5, 5.41) is 0.247. The second-order valence-electron chi connectivity index (χ2n) is 12.6. The highest BCUT2D eigenvalue weighted by molar-refractivity contribution is 6.74. The minimum absolute atomic E-state index is 0.191. The van der Waals surface area contributed by atoms with Crippen LogP contribution in [0.25, 0.3) is 0 Å². The van der Waals surface area contributed by atoms with Crippen molar-refractivity contribution in [2.45, 2.75) is 135 Å². The third-order valence-electron chi connectivity index (χ3n) is 9.07. The van der Waals surface area contributed by atoms with E-state index in [1.165, 1.54) is 69.0 Å². The van der Waals surface area contributed by atoms with Gasteiger partial charge in [0, 0.05) is 23.7 Å². The third kappa shape index (κ3) is 6.71. The van der Waals surface area contributed by atoms with Gasteiger partial charge in [-0.05, 0) is 74.7 Å². The van der Waals surface area contributed by atoms with Crippen molar-refractivity contribution in [2.24, 2.45) is 5.92 Å². The summed E-state index contributed by atoms with van der Waals surface area (Å²) in [7, 11) is -1.84. The van der Waals surface area contributed by atoms with Crippen molar-refractivity contribution in [3.8, 4) is 0 Å². The maximum atomic E-state index is 7.29. The van der Waals surface area contributed by atoms with Crippen molar-refractivity contribution in [2.75, 3.05) is 0 Å². The monoisotopic (exact) mass is 495 g/mol. The first-order valence-electron chi connectivity index (χ1n) is 14.5. The summed E-state index contributed by atoms with van der Waals surface area (Å²) in [6, 6.07) is 11.1. The standard InChI is InChI=1S/C32H53NOSi/c1-8-10-13-20-28-21-16-24-32(33(28)26-27-18-14-12-15-19-27)25-17-23-30(29(32)22-11-9-2)34-35(6,7)31(3,4)5/h12-15,18-21,29-30H,8-11,16-17,22-26H2,1-7H3/b20-13-/t29-,30+,32-/m1/s1. The van der Waals surface area contributed by atoms with Gasteiger partial charge in [-0.25, -0.2) is 0 Å². The molecule has 0 aromatic heterocycles. The van der Waals surface area contributed by atoms with Gasteiger partial charge in [-0.1, -0.05) is 96.4 Å². The Morgan fingerprint density at radius 2 is 1.83 bits per heavy atom. The highest BCUT2D eigenvalue weighted by Gasteiger charge is 2.52. The van der Waals surface area contributed by atoms with Gasteiger partial charge in [0.05, 0.1) is 6.10 Å². The molecule has 1 saturated carbocycles. The van der Waals surface area contributed by atoms with Gasteiger partial charge in [0.15, 0.2) is 8.32 Å². The molecule has 0 bridgehead atoms. The molecule has 3 atom stereocenters. The predicted octanol–water partition coefficient (Wildman–Crippen LogP) is 9.64. The zero-order chi connectivity index (χ0) is 25.5. The number of hydrogen-bond acceptors (Lipinski definition) is 2. The SMILES string of the molecule is CCC/C=C\C1=CCC[C@]2(CCC[C@H](O[Si](C)(C)C(C)(C)C)[C@H]2CCCC)N1Cc1ccccc1. The van der Waals surface area contributed by atoms with E-state index in [4.69, 9.17) is 4.43 Å². The number of hydrogen-bond donors (Lipinski definition) is 0. The Bertz CT molecular complexity index is 837. The summed E-state index contributed by atoms with van der Waals surface area (Å²) in [6.07, 6.45) is 20.2. The van der Waals surface area contributed by atoms with Gasteiger partial charge in [-0.2, -0.15) is 0 Å². The van der Waals surface area contributed by atoms with E-state index in [9.17, 15) is 0 Å². The number of unbranched alkanes of at least 4 members (excludes halogenated alkanes) is 2. The average Bonchev–Trinajstić information content (AvgIpc) is 2.81. The zero-order valence-electron chi connectivity index (χ0n) is 23.9. The van der Waals surface area contributed by atoms with Crippen molar-refractivity contribution in [3.63, 3.8) is 0 Å². The van der Waals surface area contributed by atoms with E-state index in [0.717, 1.165) is 13.0 Å². The molecule has 1 fully saturated rings. The first-order chi connectivity index (χ1) is 16.6. The molecular formula is C32H53NOSi. The van der Waals surface area contributed by atoms with E-state index in [-0.39, 0.29) is 10.6 Å². The molecule has 0 amide bonds. The molecule has 0 saturated heterocycles. The van der Waals surface area contributed by atoms with Crippen LogP contribution in [0.5, 0.6) is 0 Å². The Morgan fingerprint density at radius 3 is 2.49 bits per heavy atom. The number of nitrogens with zero attached hydrogens (tertiary/aromatic N) is 1. The van der Waals surface area contributed by atoms with Crippen molar-refractivity contribution in [1.29, 1.82) is 0 Å². The first kappa shape index (κ1) is 28.3. The number of rotatable bonds is 10. The fraction of sp³-hybridized carbons (Fsp3) is 0.688. The van der Waals surface area contributed by atoms with Crippen LogP contribution in [0.2, 0.25) is 18.1 Å². The van der Waals surface area contributed by atoms with E-state index < -0.39 is 8.32 Å². The topological polar surface area (TPSA) is 12.5 Å². The van der Waals surface area contributed by atoms with Gasteiger partial charge in [0.2, 0.25) is 0 Å². The molecule has 1 heterocycles. The largest absolute Gasteiger partial charge is 0.414 e. The molecule has 1 aromatic carbocycles. The second kappa shape index (κ2) is 12.3. The lowest BCUT2D eigenvalue weighted by Gasteiger charge is -2.58. The lowest BCUT2D eigenvalue weighted by Crippen LogP contribution is -2.61. The molecule has 1 spiro atoms. The molecule has 196 valence electrons. The summed E-state index contributed by atoms with van der Waals surface area (Å²) in [5.41, 5.74) is 3.06. The van der Waals surface area contributed by atoms with Crippen LogP contribution in [0, 0.1) is 5.92 Å². The summed E-state index contributed by atoms with van der Waals surface area (Å²) < 4.78 is 7.29. The quantitative estimate of drug-likeness (QED) is 0.299. The summed E-state index contributed by atoms with van der Waals surface area (Å²) in [5.74, 6) is 0.595. The van der Waals surface area contributed by atoms with E-state index in [1.54, 1.807) is 0 Å². The summed E-state index contributed by atoms with van der Waals surface area (Å²) >= 11 is 0. The highest BCUT2D eigenvalue weighted by atomic mass is 28.4. The Kier molecular flexibility index (Phi) is 9.91. The van der Waals surface area contributed by atoms with Gasteiger partial charge in [-0.3, -0.25) is 0 Å². The van der Waals surface area contributed by atoms with Gasteiger partial charge in [0.25, 0.3) is 0 Å². The minimum atomic E-state index is -1.84. The van der Waals surface area contributed by atoms with Crippen molar-refractivity contribution in [1.82, 2.24) is 4.90 Å². The predicted molar refractivity (Wildman–Crippen MR) is 155 cm³/mol. The lowest BCUT2D eigenvalue weighted by atomic mass is 9.64. The highest BCUT2D eigenvalue weighted by Crippen LogP contribution is 2.51. The fourth-order valence-electron chi connectivity index (χ4n) is 6.08. The molecule has 0 unspecified atom stereocenters. The maximum Gasteiger partial charge on any atom is 0.192 e. The van der Waals surface area contributed by atoms with Crippen LogP contribution in [0.3, 0.4) is 0 Å². The van der Waals surface area contributed by atoms with E-state index in [0.29, 0.717) is 12.0 Å². The molecule has 0 radical (unpaired) electrons. The Labute approximate surface area is 218 Å². The molecule has 3 rings (SSSR count). The second-order valence-corrected chi connectivity index (χ2v) is 17.3. The van der Waals surface area contributed by atoms with Crippen LogP contribution in [0.15, 0.2) is 54.3 Å². The van der Waals surface area contributed by atoms with E-state index in [2.05, 4.69) is 101 Å². The number of allylic oxidation sites excluding steroid dienone is 3. The fourth-order valence-corrected chi connectivity index (χ4v) is 7.47. The van der Waals surface area contributed by atoms with Crippen LogP contribution in [0.1, 0.15) is 104 Å².